The molecule has 2 aliphatic rings. The molecule has 0 amide bonds. The molecule has 0 spiro atoms. The normalized spacial score (nSPS) is 39.7. The van der Waals surface area contributed by atoms with E-state index in [2.05, 4.69) is 52.8 Å². The van der Waals surface area contributed by atoms with Crippen molar-refractivity contribution in [2.45, 2.75) is 72.8 Å². The molecular weight excluding hydrogens is 256 g/mol. The maximum Gasteiger partial charge on any atom is 0.0760 e. The molecule has 0 aliphatic heterocycles. The molecule has 1 nitrogen and oxygen atoms in total. The van der Waals surface area contributed by atoms with Crippen molar-refractivity contribution >= 4 is 0 Å². The van der Waals surface area contributed by atoms with E-state index in [9.17, 15) is 5.11 Å². The zero-order chi connectivity index (χ0) is 15.6. The summed E-state index contributed by atoms with van der Waals surface area (Å²) in [5.74, 6) is 1.35. The lowest BCUT2D eigenvalue weighted by Gasteiger charge is -2.34. The van der Waals surface area contributed by atoms with Crippen LogP contribution in [0.25, 0.3) is 0 Å². The lowest BCUT2D eigenvalue weighted by atomic mass is 9.70. The number of hydrogen-bond acceptors (Lipinski definition) is 1. The van der Waals surface area contributed by atoms with Gasteiger partial charge in [-0.25, -0.2) is 0 Å². The van der Waals surface area contributed by atoms with Crippen molar-refractivity contribution in [1.29, 1.82) is 0 Å². The van der Waals surface area contributed by atoms with Crippen molar-refractivity contribution in [3.05, 3.63) is 34.9 Å². The molecular formula is C20H32O. The molecule has 0 heterocycles. The van der Waals surface area contributed by atoms with Crippen LogP contribution >= 0.6 is 0 Å². The van der Waals surface area contributed by atoms with Crippen LogP contribution in [0.4, 0.5) is 0 Å². The van der Waals surface area contributed by atoms with Gasteiger partial charge < -0.3 is 5.11 Å². The van der Waals surface area contributed by atoms with Gasteiger partial charge in [-0.1, -0.05) is 55.7 Å². The van der Waals surface area contributed by atoms with E-state index in [4.69, 9.17) is 0 Å². The molecule has 1 N–H and O–H groups in total. The first-order valence-corrected chi connectivity index (χ1v) is 8.53. The fourth-order valence-electron chi connectivity index (χ4n) is 4.08. The fraction of sp³-hybridized carbons (Fsp3) is 0.700. The molecule has 0 radical (unpaired) electrons. The van der Waals surface area contributed by atoms with E-state index in [1.54, 1.807) is 5.57 Å². The highest BCUT2D eigenvalue weighted by Gasteiger charge is 2.39. The van der Waals surface area contributed by atoms with Gasteiger partial charge >= 0.3 is 0 Å². The van der Waals surface area contributed by atoms with Crippen molar-refractivity contribution in [3.8, 4) is 0 Å². The highest BCUT2D eigenvalue weighted by molar-refractivity contribution is 5.23. The van der Waals surface area contributed by atoms with Crippen LogP contribution in [0.2, 0.25) is 0 Å². The van der Waals surface area contributed by atoms with Gasteiger partial charge in [0.2, 0.25) is 0 Å². The minimum Gasteiger partial charge on any atom is -0.389 e. The summed E-state index contributed by atoms with van der Waals surface area (Å²) in [6.07, 6.45) is 12.1. The van der Waals surface area contributed by atoms with Crippen molar-refractivity contribution in [3.63, 3.8) is 0 Å². The van der Waals surface area contributed by atoms with Crippen LogP contribution in [-0.2, 0) is 0 Å². The van der Waals surface area contributed by atoms with Crippen LogP contribution in [0.1, 0.15) is 66.7 Å². The predicted molar refractivity (Wildman–Crippen MR) is 91.1 cm³/mol. The second-order valence-electron chi connectivity index (χ2n) is 7.85. The second-order valence-corrected chi connectivity index (χ2v) is 7.85. The Kier molecular flexibility index (Phi) is 5.14. The monoisotopic (exact) mass is 288 g/mol. The summed E-state index contributed by atoms with van der Waals surface area (Å²) in [7, 11) is 0. The summed E-state index contributed by atoms with van der Waals surface area (Å²) >= 11 is 0. The third-order valence-electron chi connectivity index (χ3n) is 5.47. The fourth-order valence-corrected chi connectivity index (χ4v) is 4.08. The first-order chi connectivity index (χ1) is 9.82. The molecule has 0 saturated heterocycles. The summed E-state index contributed by atoms with van der Waals surface area (Å²) in [5, 5.41) is 10.1. The van der Waals surface area contributed by atoms with E-state index in [1.165, 1.54) is 24.0 Å². The number of aliphatic hydroxyl groups is 1. The van der Waals surface area contributed by atoms with Gasteiger partial charge in [0.1, 0.15) is 0 Å². The molecule has 21 heavy (non-hydrogen) atoms. The van der Waals surface area contributed by atoms with E-state index in [0.717, 1.165) is 19.3 Å². The number of hydrogen-bond donors (Lipinski definition) is 1. The maximum atomic E-state index is 10.1. The zero-order valence-electron chi connectivity index (χ0n) is 14.4. The summed E-state index contributed by atoms with van der Waals surface area (Å²) in [6.45, 7) is 11.5. The van der Waals surface area contributed by atoms with Crippen LogP contribution in [0.5, 0.6) is 0 Å². The molecule has 0 aromatic carbocycles. The van der Waals surface area contributed by atoms with E-state index < -0.39 is 0 Å². The van der Waals surface area contributed by atoms with Crippen molar-refractivity contribution < 1.29 is 5.11 Å². The Morgan fingerprint density at radius 3 is 2.48 bits per heavy atom. The molecule has 0 aromatic rings. The van der Waals surface area contributed by atoms with Crippen LogP contribution < -0.4 is 0 Å². The first kappa shape index (κ1) is 16.5. The third-order valence-corrected chi connectivity index (χ3v) is 5.47. The summed E-state index contributed by atoms with van der Waals surface area (Å²) in [4.78, 5) is 0. The lowest BCUT2D eigenvalue weighted by molar-refractivity contribution is 0.222. The number of allylic oxidation sites excluding steroid dienone is 4. The average molecular weight is 288 g/mol. The quantitative estimate of drug-likeness (QED) is 0.638. The number of rotatable bonds is 1. The molecule has 0 saturated carbocycles. The second kappa shape index (κ2) is 6.52. The van der Waals surface area contributed by atoms with E-state index >= 15 is 0 Å². The Morgan fingerprint density at radius 1 is 1.14 bits per heavy atom. The largest absolute Gasteiger partial charge is 0.389 e. The van der Waals surface area contributed by atoms with Gasteiger partial charge in [-0.15, -0.1) is 0 Å². The standard InChI is InChI=1S/C20H32O/c1-14(2)18-9-11-20(5)10-8-16(4)13-17(21)12-15(3)6-7-19(18)20/h8-9,12,14,17,19,21H,6-7,10-11,13H2,1-5H3/b15-12+,16-8+/t17-,19-,20-/m1/s1. The first-order valence-electron chi connectivity index (χ1n) is 8.53. The van der Waals surface area contributed by atoms with Crippen LogP contribution in [0.15, 0.2) is 34.9 Å². The van der Waals surface area contributed by atoms with Gasteiger partial charge in [0.15, 0.2) is 0 Å². The van der Waals surface area contributed by atoms with E-state index in [0.29, 0.717) is 17.3 Å². The van der Waals surface area contributed by atoms with E-state index in [1.807, 2.05) is 0 Å². The molecule has 2 aliphatic carbocycles. The summed E-state index contributed by atoms with van der Waals surface area (Å²) in [6, 6.07) is 0. The van der Waals surface area contributed by atoms with Gasteiger partial charge in [-0.3, -0.25) is 0 Å². The van der Waals surface area contributed by atoms with Crippen molar-refractivity contribution in [2.24, 2.45) is 17.3 Å². The summed E-state index contributed by atoms with van der Waals surface area (Å²) < 4.78 is 0. The van der Waals surface area contributed by atoms with Gasteiger partial charge in [0.05, 0.1) is 6.10 Å². The Bertz CT molecular complexity index is 466. The molecule has 2 rings (SSSR count). The Labute approximate surface area is 130 Å². The van der Waals surface area contributed by atoms with Gasteiger partial charge in [-0.2, -0.15) is 0 Å². The topological polar surface area (TPSA) is 20.2 Å². The molecule has 0 aromatic heterocycles. The zero-order valence-corrected chi connectivity index (χ0v) is 14.4. The number of aliphatic hydroxyl groups excluding tert-OH is 1. The lowest BCUT2D eigenvalue weighted by Crippen LogP contribution is -2.25. The highest BCUT2D eigenvalue weighted by atomic mass is 16.3. The molecule has 0 bridgehead atoms. The molecule has 0 unspecified atom stereocenters. The Hall–Kier alpha value is -0.820. The molecule has 118 valence electrons. The van der Waals surface area contributed by atoms with Crippen LogP contribution in [0.3, 0.4) is 0 Å². The minimum absolute atomic E-state index is 0.313. The minimum atomic E-state index is -0.313. The van der Waals surface area contributed by atoms with Gasteiger partial charge in [0.25, 0.3) is 0 Å². The van der Waals surface area contributed by atoms with Crippen LogP contribution in [0, 0.1) is 17.3 Å². The average Bonchev–Trinajstić information content (AvgIpc) is 2.70. The number of fused-ring (bicyclic) bond motifs is 1. The van der Waals surface area contributed by atoms with Gasteiger partial charge in [-0.05, 0) is 63.2 Å². The molecule has 3 atom stereocenters. The highest BCUT2D eigenvalue weighted by Crippen LogP contribution is 2.50. The molecule has 0 fully saturated rings. The van der Waals surface area contributed by atoms with Gasteiger partial charge in [0, 0.05) is 0 Å². The molecule has 1 heteroatoms. The summed E-state index contributed by atoms with van der Waals surface area (Å²) in [5.41, 5.74) is 4.70. The third kappa shape index (κ3) is 3.88. The van der Waals surface area contributed by atoms with Crippen LogP contribution in [-0.4, -0.2) is 11.2 Å². The SMILES string of the molecule is C/C1=C\[C@@H](O)C/C(C)=C/C[C@]2(C)CC=C(C(C)C)[C@H]2CC1. The predicted octanol–water partition coefficient (Wildman–Crippen LogP) is 5.42. The van der Waals surface area contributed by atoms with Crippen molar-refractivity contribution in [1.82, 2.24) is 0 Å². The smallest absolute Gasteiger partial charge is 0.0760 e. The van der Waals surface area contributed by atoms with E-state index in [-0.39, 0.29) is 6.10 Å². The maximum absolute atomic E-state index is 10.1. The van der Waals surface area contributed by atoms with Crippen molar-refractivity contribution in [2.75, 3.05) is 0 Å². The Balaban J connectivity index is 2.29. The Morgan fingerprint density at radius 2 is 1.81 bits per heavy atom.